The molecule has 11 N–H and O–H groups in total. The SMILES string of the molecule is CCOC(=O)[C@H](CC(C)C)NC(=O)[C@@H](NC(=O)[C@H](Cc1c[nH]c2ccccc12)NC(=O)[C@H]1CCCN1C(=O)[C@H](CCCCN)NC(=O)[C@@H](N)CCCCN)C(C)(C)C. The zero-order valence-corrected chi connectivity index (χ0v) is 35.4. The molecule has 0 bridgehead atoms. The van der Waals surface area contributed by atoms with E-state index >= 15 is 0 Å². The number of fused-ring (bicyclic) bond motifs is 1. The van der Waals surface area contributed by atoms with Gasteiger partial charge in [0.05, 0.1) is 12.6 Å². The maximum atomic E-state index is 14.4. The van der Waals surface area contributed by atoms with Crippen LogP contribution in [0.15, 0.2) is 30.5 Å². The van der Waals surface area contributed by atoms with Crippen LogP contribution >= 0.6 is 0 Å². The van der Waals surface area contributed by atoms with Crippen molar-refractivity contribution in [1.82, 2.24) is 31.2 Å². The maximum absolute atomic E-state index is 14.4. The molecule has 0 radical (unpaired) electrons. The molecule has 0 aliphatic carbocycles. The Kier molecular flexibility index (Phi) is 19.1. The zero-order valence-electron chi connectivity index (χ0n) is 35.4. The number of nitrogens with zero attached hydrogens (tertiary/aromatic N) is 1. The summed E-state index contributed by atoms with van der Waals surface area (Å²) >= 11 is 0. The van der Waals surface area contributed by atoms with Crippen LogP contribution in [0.4, 0.5) is 0 Å². The van der Waals surface area contributed by atoms with E-state index in [4.69, 9.17) is 21.9 Å². The number of likely N-dealkylation sites (tertiary alicyclic amines) is 1. The van der Waals surface area contributed by atoms with Crippen molar-refractivity contribution in [1.29, 1.82) is 0 Å². The van der Waals surface area contributed by atoms with Gasteiger partial charge >= 0.3 is 5.97 Å². The van der Waals surface area contributed by atoms with Crippen molar-refractivity contribution in [3.05, 3.63) is 36.0 Å². The number of carbonyl (C=O) groups excluding carboxylic acids is 6. The Morgan fingerprint density at radius 2 is 1.52 bits per heavy atom. The molecule has 1 aliphatic heterocycles. The predicted octanol–water partition coefficient (Wildman–Crippen LogP) is 1.88. The Hall–Kier alpha value is -4.54. The molecular weight excluding hydrogens is 743 g/mol. The minimum absolute atomic E-state index is 0.0664. The molecule has 0 saturated carbocycles. The monoisotopic (exact) mass is 812 g/mol. The van der Waals surface area contributed by atoms with Crippen molar-refractivity contribution in [2.75, 3.05) is 26.2 Å². The number of benzene rings is 1. The van der Waals surface area contributed by atoms with E-state index in [0.717, 1.165) is 22.9 Å². The molecule has 324 valence electrons. The number of aromatic amines is 1. The second-order valence-corrected chi connectivity index (χ2v) is 16.8. The van der Waals surface area contributed by atoms with E-state index in [1.165, 1.54) is 4.90 Å². The van der Waals surface area contributed by atoms with Crippen LogP contribution in [-0.2, 0) is 39.9 Å². The number of unbranched alkanes of at least 4 members (excludes halogenated alkanes) is 2. The van der Waals surface area contributed by atoms with Gasteiger partial charge in [0.1, 0.15) is 30.2 Å². The van der Waals surface area contributed by atoms with E-state index in [0.29, 0.717) is 64.5 Å². The van der Waals surface area contributed by atoms with Crippen LogP contribution in [-0.4, -0.2) is 108 Å². The van der Waals surface area contributed by atoms with Crippen molar-refractivity contribution >= 4 is 46.4 Å². The van der Waals surface area contributed by atoms with E-state index in [-0.39, 0.29) is 25.5 Å². The van der Waals surface area contributed by atoms with Crippen LogP contribution in [0.25, 0.3) is 10.9 Å². The maximum Gasteiger partial charge on any atom is 0.328 e. The standard InChI is InChI=1S/C42H69N9O7/c1-7-58-41(57)33(23-26(2)3)49-39(55)35(42(4,5)6)50-37(53)32(24-27-25-46-30-17-9-8-15-28(27)30)48-38(54)34-19-14-22-51(34)40(56)31(18-11-13-21-44)47-36(52)29(45)16-10-12-20-43/h8-9,15,17,25-26,29,31-35,46H,7,10-14,16,18-24,43-45H2,1-6H3,(H,47,52)(H,48,54)(H,49,55)(H,50,53)/t29-,31-,32-,33-,34+,35+/m0/s1. The van der Waals surface area contributed by atoms with Crippen molar-refractivity contribution in [3.63, 3.8) is 0 Å². The number of amides is 5. The summed E-state index contributed by atoms with van der Waals surface area (Å²) in [5.74, 6) is -3.06. The largest absolute Gasteiger partial charge is 0.464 e. The predicted molar refractivity (Wildman–Crippen MR) is 224 cm³/mol. The van der Waals surface area contributed by atoms with Crippen molar-refractivity contribution in [3.8, 4) is 0 Å². The van der Waals surface area contributed by atoms with Crippen molar-refractivity contribution in [2.45, 2.75) is 142 Å². The lowest BCUT2D eigenvalue weighted by Crippen LogP contribution is -2.61. The Balaban J connectivity index is 1.90. The van der Waals surface area contributed by atoms with Gasteiger partial charge in [-0.2, -0.15) is 0 Å². The quantitative estimate of drug-likeness (QED) is 0.0597. The first kappa shape index (κ1) is 47.8. The number of ether oxygens (including phenoxy) is 1. The lowest BCUT2D eigenvalue weighted by Gasteiger charge is -2.34. The van der Waals surface area contributed by atoms with Gasteiger partial charge in [0.2, 0.25) is 29.5 Å². The number of nitrogens with two attached hydrogens (primary N) is 3. The topological polar surface area (TPSA) is 257 Å². The highest BCUT2D eigenvalue weighted by Crippen LogP contribution is 2.24. The number of esters is 1. The summed E-state index contributed by atoms with van der Waals surface area (Å²) in [6.07, 6.45) is 6.43. The molecule has 5 amide bonds. The van der Waals surface area contributed by atoms with Gasteiger partial charge in [0.15, 0.2) is 0 Å². The number of hydrogen-bond donors (Lipinski definition) is 8. The Bertz CT molecular complexity index is 1670. The van der Waals surface area contributed by atoms with Crippen LogP contribution in [0.3, 0.4) is 0 Å². The molecule has 6 atom stereocenters. The average Bonchev–Trinajstić information content (AvgIpc) is 3.83. The summed E-state index contributed by atoms with van der Waals surface area (Å²) in [5, 5.41) is 12.3. The number of nitrogens with one attached hydrogen (secondary N) is 5. The molecule has 0 unspecified atom stereocenters. The number of aromatic nitrogens is 1. The molecule has 16 nitrogen and oxygen atoms in total. The third-order valence-corrected chi connectivity index (χ3v) is 10.4. The second kappa shape index (κ2) is 23.2. The molecular formula is C42H69N9O7. The lowest BCUT2D eigenvalue weighted by molar-refractivity contribution is -0.148. The molecule has 3 rings (SSSR count). The number of carbonyl (C=O) groups is 6. The molecule has 1 saturated heterocycles. The van der Waals surface area contributed by atoms with Gasteiger partial charge in [-0.1, -0.05) is 59.2 Å². The first-order chi connectivity index (χ1) is 27.5. The lowest BCUT2D eigenvalue weighted by atomic mass is 9.85. The van der Waals surface area contributed by atoms with Gasteiger partial charge in [0, 0.05) is 30.1 Å². The van der Waals surface area contributed by atoms with Crippen molar-refractivity contribution < 1.29 is 33.5 Å². The highest BCUT2D eigenvalue weighted by molar-refractivity contribution is 5.97. The van der Waals surface area contributed by atoms with E-state index in [1.54, 1.807) is 33.9 Å². The Morgan fingerprint density at radius 3 is 2.16 bits per heavy atom. The molecule has 16 heteroatoms. The number of para-hydroxylation sites is 1. The van der Waals surface area contributed by atoms with Gasteiger partial charge in [-0.05, 0) is 94.3 Å². The molecule has 2 heterocycles. The summed E-state index contributed by atoms with van der Waals surface area (Å²) in [5.41, 5.74) is 18.3. The summed E-state index contributed by atoms with van der Waals surface area (Å²) in [4.78, 5) is 87.4. The van der Waals surface area contributed by atoms with Gasteiger partial charge in [-0.15, -0.1) is 0 Å². The first-order valence-electron chi connectivity index (χ1n) is 20.9. The molecule has 1 fully saturated rings. The average molecular weight is 812 g/mol. The van der Waals surface area contributed by atoms with Crippen LogP contribution in [0.1, 0.15) is 105 Å². The first-order valence-corrected chi connectivity index (χ1v) is 20.9. The van der Waals surface area contributed by atoms with E-state index in [9.17, 15) is 28.8 Å². The fourth-order valence-corrected chi connectivity index (χ4v) is 7.27. The molecule has 58 heavy (non-hydrogen) atoms. The molecule has 1 aliphatic rings. The third-order valence-electron chi connectivity index (χ3n) is 10.4. The van der Waals surface area contributed by atoms with Crippen molar-refractivity contribution in [2.24, 2.45) is 28.5 Å². The second-order valence-electron chi connectivity index (χ2n) is 16.8. The number of hydrogen-bond acceptors (Lipinski definition) is 10. The molecule has 1 aromatic heterocycles. The normalized spacial score (nSPS) is 16.9. The highest BCUT2D eigenvalue weighted by Gasteiger charge is 2.41. The zero-order chi connectivity index (χ0) is 43.0. The van der Waals surface area contributed by atoms with E-state index in [1.807, 2.05) is 38.1 Å². The Morgan fingerprint density at radius 1 is 0.862 bits per heavy atom. The summed E-state index contributed by atoms with van der Waals surface area (Å²) in [6, 6.07) is 1.75. The van der Waals surface area contributed by atoms with Crippen LogP contribution < -0.4 is 38.5 Å². The highest BCUT2D eigenvalue weighted by atomic mass is 16.5. The summed E-state index contributed by atoms with van der Waals surface area (Å²) in [7, 11) is 0. The van der Waals surface area contributed by atoms with Crippen LogP contribution in [0.5, 0.6) is 0 Å². The molecule has 1 aromatic carbocycles. The van der Waals surface area contributed by atoms with E-state index in [2.05, 4.69) is 26.3 Å². The van der Waals surface area contributed by atoms with Gasteiger partial charge in [0.25, 0.3) is 0 Å². The Labute approximate surface area is 343 Å². The molecule has 2 aromatic rings. The summed E-state index contributed by atoms with van der Waals surface area (Å²) in [6.45, 7) is 12.3. The summed E-state index contributed by atoms with van der Waals surface area (Å²) < 4.78 is 5.23. The fourth-order valence-electron chi connectivity index (χ4n) is 7.27. The van der Waals surface area contributed by atoms with Crippen LogP contribution in [0.2, 0.25) is 0 Å². The minimum Gasteiger partial charge on any atom is -0.464 e. The van der Waals surface area contributed by atoms with Crippen LogP contribution in [0, 0.1) is 11.3 Å². The fraction of sp³-hybridized carbons (Fsp3) is 0.667. The number of H-pyrrole nitrogens is 1. The van der Waals surface area contributed by atoms with Gasteiger partial charge < -0.3 is 53.1 Å². The number of rotatable bonds is 23. The van der Waals surface area contributed by atoms with Gasteiger partial charge in [-0.25, -0.2) is 4.79 Å². The smallest absolute Gasteiger partial charge is 0.328 e. The minimum atomic E-state index is -1.16. The van der Waals surface area contributed by atoms with E-state index < -0.39 is 77.2 Å². The molecule has 0 spiro atoms. The third kappa shape index (κ3) is 14.1. The van der Waals surface area contributed by atoms with Gasteiger partial charge in [-0.3, -0.25) is 24.0 Å².